The predicted octanol–water partition coefficient (Wildman–Crippen LogP) is 3.96. The van der Waals surface area contributed by atoms with Crippen molar-refractivity contribution in [1.29, 1.82) is 0 Å². The van der Waals surface area contributed by atoms with Crippen molar-refractivity contribution in [2.45, 2.75) is 32.8 Å². The zero-order chi connectivity index (χ0) is 13.4. The highest BCUT2D eigenvalue weighted by atomic mass is 35.5. The monoisotopic (exact) mass is 270 g/mol. The topological polar surface area (TPSA) is 18.5 Å². The maximum absolute atomic E-state index is 5.87. The second kappa shape index (κ2) is 8.52. The lowest BCUT2D eigenvalue weighted by Gasteiger charge is -2.18. The van der Waals surface area contributed by atoms with Crippen LogP contribution in [0.4, 0.5) is 0 Å². The molecule has 0 amide bonds. The fourth-order valence-electron chi connectivity index (χ4n) is 1.85. The molecule has 0 N–H and O–H groups in total. The summed E-state index contributed by atoms with van der Waals surface area (Å²) in [5.41, 5.74) is 1.30. The van der Waals surface area contributed by atoms with Crippen LogP contribution >= 0.6 is 11.6 Å². The molecule has 18 heavy (non-hydrogen) atoms. The standard InChI is InChI=1S/C15H23ClO2/c1-4-15(11-17-3)18-10-12(2)9-13-5-7-14(16)8-6-13/h5-8,12,15H,4,9-11H2,1-3H3. The Morgan fingerprint density at radius 2 is 1.83 bits per heavy atom. The molecule has 0 radical (unpaired) electrons. The van der Waals surface area contributed by atoms with Gasteiger partial charge in [0.25, 0.3) is 0 Å². The van der Waals surface area contributed by atoms with Crippen molar-refractivity contribution in [3.05, 3.63) is 34.9 Å². The van der Waals surface area contributed by atoms with Crippen LogP contribution in [0.2, 0.25) is 5.02 Å². The summed E-state index contributed by atoms with van der Waals surface area (Å²) in [4.78, 5) is 0. The van der Waals surface area contributed by atoms with Gasteiger partial charge in [-0.05, 0) is 36.5 Å². The van der Waals surface area contributed by atoms with E-state index in [0.717, 1.165) is 24.5 Å². The SMILES string of the molecule is CCC(COC)OCC(C)Cc1ccc(Cl)cc1. The Bertz CT molecular complexity index is 324. The van der Waals surface area contributed by atoms with Gasteiger partial charge in [-0.2, -0.15) is 0 Å². The highest BCUT2D eigenvalue weighted by molar-refractivity contribution is 6.30. The first-order chi connectivity index (χ1) is 8.65. The number of rotatable bonds is 8. The molecule has 2 nitrogen and oxygen atoms in total. The zero-order valence-corrected chi connectivity index (χ0v) is 12.2. The number of halogens is 1. The number of methoxy groups -OCH3 is 1. The van der Waals surface area contributed by atoms with Gasteiger partial charge in [0.1, 0.15) is 0 Å². The molecule has 2 unspecified atom stereocenters. The number of hydrogen-bond acceptors (Lipinski definition) is 2. The van der Waals surface area contributed by atoms with Crippen molar-refractivity contribution in [2.75, 3.05) is 20.3 Å². The minimum Gasteiger partial charge on any atom is -0.382 e. The lowest BCUT2D eigenvalue weighted by molar-refractivity contribution is -0.0163. The lowest BCUT2D eigenvalue weighted by atomic mass is 10.0. The highest BCUT2D eigenvalue weighted by Crippen LogP contribution is 2.14. The normalized spacial score (nSPS) is 14.4. The molecular weight excluding hydrogens is 248 g/mol. The molecule has 0 bridgehead atoms. The third kappa shape index (κ3) is 5.85. The van der Waals surface area contributed by atoms with Crippen molar-refractivity contribution in [3.8, 4) is 0 Å². The molecule has 0 saturated heterocycles. The van der Waals surface area contributed by atoms with Gasteiger partial charge in [-0.1, -0.05) is 37.6 Å². The first-order valence-corrected chi connectivity index (χ1v) is 6.88. The Kier molecular flexibility index (Phi) is 7.33. The summed E-state index contributed by atoms with van der Waals surface area (Å²) in [5.74, 6) is 0.497. The highest BCUT2D eigenvalue weighted by Gasteiger charge is 2.09. The first kappa shape index (κ1) is 15.5. The fraction of sp³-hybridized carbons (Fsp3) is 0.600. The van der Waals surface area contributed by atoms with Gasteiger partial charge in [0.05, 0.1) is 12.7 Å². The molecule has 1 aromatic carbocycles. The molecule has 1 rings (SSSR count). The molecule has 0 saturated carbocycles. The average molecular weight is 271 g/mol. The summed E-state index contributed by atoms with van der Waals surface area (Å²) in [5, 5.41) is 0.786. The largest absolute Gasteiger partial charge is 0.382 e. The molecule has 102 valence electrons. The molecule has 3 heteroatoms. The maximum atomic E-state index is 5.87. The molecule has 0 aromatic heterocycles. The zero-order valence-electron chi connectivity index (χ0n) is 11.5. The van der Waals surface area contributed by atoms with Gasteiger partial charge in [0, 0.05) is 18.7 Å². The van der Waals surface area contributed by atoms with Gasteiger partial charge < -0.3 is 9.47 Å². The van der Waals surface area contributed by atoms with E-state index in [1.807, 2.05) is 12.1 Å². The van der Waals surface area contributed by atoms with E-state index in [-0.39, 0.29) is 6.10 Å². The Hall–Kier alpha value is -0.570. The predicted molar refractivity (Wildman–Crippen MR) is 76.2 cm³/mol. The fourth-order valence-corrected chi connectivity index (χ4v) is 1.98. The van der Waals surface area contributed by atoms with Crippen molar-refractivity contribution in [2.24, 2.45) is 5.92 Å². The second-order valence-corrected chi connectivity index (χ2v) is 5.19. The molecular formula is C15H23ClO2. The van der Waals surface area contributed by atoms with Crippen LogP contribution in [0.5, 0.6) is 0 Å². The van der Waals surface area contributed by atoms with Crippen LogP contribution in [0.3, 0.4) is 0 Å². The summed E-state index contributed by atoms with van der Waals surface area (Å²) in [6.45, 7) is 5.76. The Morgan fingerprint density at radius 1 is 1.17 bits per heavy atom. The summed E-state index contributed by atoms with van der Waals surface area (Å²) in [7, 11) is 1.71. The van der Waals surface area contributed by atoms with Gasteiger partial charge >= 0.3 is 0 Å². The smallest absolute Gasteiger partial charge is 0.0805 e. The number of benzene rings is 1. The molecule has 0 aliphatic heterocycles. The van der Waals surface area contributed by atoms with Crippen LogP contribution in [0.1, 0.15) is 25.8 Å². The summed E-state index contributed by atoms with van der Waals surface area (Å²) >= 11 is 5.87. The van der Waals surface area contributed by atoms with Crippen molar-refractivity contribution >= 4 is 11.6 Å². The first-order valence-electron chi connectivity index (χ1n) is 6.50. The van der Waals surface area contributed by atoms with Crippen LogP contribution in [0.25, 0.3) is 0 Å². The van der Waals surface area contributed by atoms with E-state index in [1.54, 1.807) is 7.11 Å². The van der Waals surface area contributed by atoms with Crippen LogP contribution in [0.15, 0.2) is 24.3 Å². The quantitative estimate of drug-likeness (QED) is 0.712. The van der Waals surface area contributed by atoms with E-state index in [4.69, 9.17) is 21.1 Å². The van der Waals surface area contributed by atoms with Crippen LogP contribution < -0.4 is 0 Å². The van der Waals surface area contributed by atoms with Crippen LogP contribution in [0, 0.1) is 5.92 Å². The van der Waals surface area contributed by atoms with Gasteiger partial charge in [-0.25, -0.2) is 0 Å². The Balaban J connectivity index is 2.32. The molecule has 0 aliphatic rings. The van der Waals surface area contributed by atoms with E-state index in [2.05, 4.69) is 26.0 Å². The molecule has 1 aromatic rings. The Morgan fingerprint density at radius 3 is 2.39 bits per heavy atom. The van der Waals surface area contributed by atoms with E-state index in [0.29, 0.717) is 12.5 Å². The summed E-state index contributed by atoms with van der Waals surface area (Å²) < 4.78 is 11.0. The number of hydrogen-bond donors (Lipinski definition) is 0. The van der Waals surface area contributed by atoms with Crippen molar-refractivity contribution in [3.63, 3.8) is 0 Å². The van der Waals surface area contributed by atoms with Crippen LogP contribution in [-0.4, -0.2) is 26.4 Å². The van der Waals surface area contributed by atoms with E-state index in [9.17, 15) is 0 Å². The third-order valence-corrected chi connectivity index (χ3v) is 3.17. The van der Waals surface area contributed by atoms with Gasteiger partial charge in [0.15, 0.2) is 0 Å². The summed E-state index contributed by atoms with van der Waals surface area (Å²) in [6, 6.07) is 8.02. The van der Waals surface area contributed by atoms with E-state index >= 15 is 0 Å². The molecule has 0 aliphatic carbocycles. The minimum atomic E-state index is 0.211. The second-order valence-electron chi connectivity index (χ2n) is 4.75. The number of ether oxygens (including phenoxy) is 2. The third-order valence-electron chi connectivity index (χ3n) is 2.92. The van der Waals surface area contributed by atoms with Gasteiger partial charge in [0.2, 0.25) is 0 Å². The van der Waals surface area contributed by atoms with Crippen molar-refractivity contribution < 1.29 is 9.47 Å². The van der Waals surface area contributed by atoms with Gasteiger partial charge in [-0.3, -0.25) is 0 Å². The molecule has 0 fully saturated rings. The average Bonchev–Trinajstić information content (AvgIpc) is 2.37. The summed E-state index contributed by atoms with van der Waals surface area (Å²) in [6.07, 6.45) is 2.21. The Labute approximate surface area is 115 Å². The van der Waals surface area contributed by atoms with E-state index < -0.39 is 0 Å². The van der Waals surface area contributed by atoms with Crippen molar-refractivity contribution in [1.82, 2.24) is 0 Å². The molecule has 0 heterocycles. The lowest BCUT2D eigenvalue weighted by Crippen LogP contribution is -2.21. The molecule has 0 spiro atoms. The van der Waals surface area contributed by atoms with Gasteiger partial charge in [-0.15, -0.1) is 0 Å². The maximum Gasteiger partial charge on any atom is 0.0805 e. The molecule has 2 atom stereocenters. The van der Waals surface area contributed by atoms with Crippen LogP contribution in [-0.2, 0) is 15.9 Å². The van der Waals surface area contributed by atoms with E-state index in [1.165, 1.54) is 5.56 Å². The minimum absolute atomic E-state index is 0.211.